The van der Waals surface area contributed by atoms with Gasteiger partial charge in [-0.05, 0) is 39.8 Å². The van der Waals surface area contributed by atoms with Crippen LogP contribution in [0.2, 0.25) is 0 Å². The van der Waals surface area contributed by atoms with Crippen LogP contribution in [-0.4, -0.2) is 12.2 Å². The maximum Gasteiger partial charge on any atom is 0.0786 e. The fourth-order valence-corrected chi connectivity index (χ4v) is 2.11. The highest BCUT2D eigenvalue weighted by Crippen LogP contribution is 2.23. The second kappa shape index (κ2) is 5.07. The monoisotopic (exact) mass is 228 g/mol. The van der Waals surface area contributed by atoms with E-state index in [9.17, 15) is 0 Å². The van der Waals surface area contributed by atoms with E-state index < -0.39 is 0 Å². The summed E-state index contributed by atoms with van der Waals surface area (Å²) in [7, 11) is 0. The number of nitrogens with two attached hydrogens (primary N) is 1. The van der Waals surface area contributed by atoms with Crippen LogP contribution < -0.4 is 11.3 Å². The molecule has 1 atom stereocenters. The summed E-state index contributed by atoms with van der Waals surface area (Å²) < 4.78 is 5.71. The quantitative estimate of drug-likeness (QED) is 0.614. The van der Waals surface area contributed by atoms with Crippen LogP contribution in [0.15, 0.2) is 12.1 Å². The number of hydrazine groups is 1. The SMILES string of the molecule is Cc1ccc(C(COC(C)(C)C)NN)s1. The molecule has 15 heavy (non-hydrogen) atoms. The maximum absolute atomic E-state index is 5.71. The molecule has 3 nitrogen and oxygen atoms in total. The van der Waals surface area contributed by atoms with E-state index in [1.807, 2.05) is 20.8 Å². The van der Waals surface area contributed by atoms with Crippen molar-refractivity contribution in [3.63, 3.8) is 0 Å². The lowest BCUT2D eigenvalue weighted by Crippen LogP contribution is -2.33. The van der Waals surface area contributed by atoms with Gasteiger partial charge in [0.25, 0.3) is 0 Å². The molecular weight excluding hydrogens is 208 g/mol. The predicted octanol–water partition coefficient (Wildman–Crippen LogP) is 2.38. The van der Waals surface area contributed by atoms with Gasteiger partial charge in [-0.3, -0.25) is 5.84 Å². The minimum atomic E-state index is -0.124. The number of hydrogen-bond donors (Lipinski definition) is 2. The normalized spacial score (nSPS) is 14.2. The van der Waals surface area contributed by atoms with E-state index in [1.54, 1.807) is 11.3 Å². The van der Waals surface area contributed by atoms with Crippen molar-refractivity contribution in [3.05, 3.63) is 21.9 Å². The van der Waals surface area contributed by atoms with Gasteiger partial charge in [0.2, 0.25) is 0 Å². The molecule has 0 aliphatic heterocycles. The van der Waals surface area contributed by atoms with Crippen LogP contribution in [0.25, 0.3) is 0 Å². The Morgan fingerprint density at radius 2 is 2.13 bits per heavy atom. The first-order valence-corrected chi connectivity index (χ1v) is 5.90. The molecule has 0 saturated carbocycles. The smallest absolute Gasteiger partial charge is 0.0786 e. The van der Waals surface area contributed by atoms with Crippen LogP contribution in [-0.2, 0) is 4.74 Å². The highest BCUT2D eigenvalue weighted by Gasteiger charge is 2.16. The molecule has 0 aromatic carbocycles. The molecule has 0 spiro atoms. The van der Waals surface area contributed by atoms with E-state index in [1.165, 1.54) is 9.75 Å². The zero-order valence-corrected chi connectivity index (χ0v) is 10.6. The summed E-state index contributed by atoms with van der Waals surface area (Å²) >= 11 is 1.75. The van der Waals surface area contributed by atoms with E-state index in [0.717, 1.165) is 0 Å². The van der Waals surface area contributed by atoms with Crippen molar-refractivity contribution in [2.24, 2.45) is 5.84 Å². The lowest BCUT2D eigenvalue weighted by Gasteiger charge is -2.23. The lowest BCUT2D eigenvalue weighted by atomic mass is 10.2. The summed E-state index contributed by atoms with van der Waals surface area (Å²) in [4.78, 5) is 2.51. The van der Waals surface area contributed by atoms with Gasteiger partial charge in [0.15, 0.2) is 0 Å². The molecule has 1 aromatic rings. The standard InChI is InChI=1S/C11H20N2OS/c1-8-5-6-10(15-8)9(13-12)7-14-11(2,3)4/h5-6,9,13H,7,12H2,1-4H3. The Hall–Kier alpha value is -0.420. The summed E-state index contributed by atoms with van der Waals surface area (Å²) in [6, 6.07) is 4.28. The fraction of sp³-hybridized carbons (Fsp3) is 0.636. The molecule has 1 rings (SSSR count). The van der Waals surface area contributed by atoms with Crippen molar-refractivity contribution >= 4 is 11.3 Å². The third-order valence-corrected chi connectivity index (χ3v) is 3.10. The average Bonchev–Trinajstić information content (AvgIpc) is 2.51. The van der Waals surface area contributed by atoms with Crippen LogP contribution in [0, 0.1) is 6.92 Å². The van der Waals surface area contributed by atoms with Crippen molar-refractivity contribution in [3.8, 4) is 0 Å². The van der Waals surface area contributed by atoms with Gasteiger partial charge in [-0.2, -0.15) is 0 Å². The van der Waals surface area contributed by atoms with Gasteiger partial charge in [0.1, 0.15) is 0 Å². The second-order valence-electron chi connectivity index (χ2n) is 4.59. The fourth-order valence-electron chi connectivity index (χ4n) is 1.19. The van der Waals surface area contributed by atoms with Crippen molar-refractivity contribution in [2.75, 3.05) is 6.61 Å². The molecule has 0 aliphatic rings. The van der Waals surface area contributed by atoms with Crippen LogP contribution in [0.3, 0.4) is 0 Å². The van der Waals surface area contributed by atoms with E-state index >= 15 is 0 Å². The number of rotatable bonds is 4. The molecule has 1 unspecified atom stereocenters. The molecule has 0 bridgehead atoms. The molecule has 1 heterocycles. The van der Waals surface area contributed by atoms with E-state index in [4.69, 9.17) is 10.6 Å². The summed E-state index contributed by atoms with van der Waals surface area (Å²) in [5, 5.41) is 0. The van der Waals surface area contributed by atoms with Gasteiger partial charge in [-0.15, -0.1) is 11.3 Å². The zero-order valence-electron chi connectivity index (χ0n) is 9.83. The van der Waals surface area contributed by atoms with E-state index in [-0.39, 0.29) is 11.6 Å². The van der Waals surface area contributed by atoms with Gasteiger partial charge in [-0.25, -0.2) is 5.43 Å². The first kappa shape index (κ1) is 12.6. The molecule has 0 aliphatic carbocycles. The van der Waals surface area contributed by atoms with E-state index in [0.29, 0.717) is 6.61 Å². The molecule has 0 saturated heterocycles. The Bertz CT molecular complexity index is 304. The van der Waals surface area contributed by atoms with Crippen molar-refractivity contribution < 1.29 is 4.74 Å². The summed E-state index contributed by atoms with van der Waals surface area (Å²) in [6.45, 7) is 8.81. The number of ether oxygens (including phenoxy) is 1. The molecule has 0 amide bonds. The largest absolute Gasteiger partial charge is 0.374 e. The van der Waals surface area contributed by atoms with Gasteiger partial charge in [0.05, 0.1) is 18.2 Å². The average molecular weight is 228 g/mol. The van der Waals surface area contributed by atoms with Crippen molar-refractivity contribution in [2.45, 2.75) is 39.3 Å². The summed E-state index contributed by atoms with van der Waals surface area (Å²) in [6.07, 6.45) is 0. The number of aryl methyl sites for hydroxylation is 1. The third kappa shape index (κ3) is 4.30. The van der Waals surface area contributed by atoms with Crippen LogP contribution in [0.1, 0.15) is 36.6 Å². The Balaban J connectivity index is 2.57. The van der Waals surface area contributed by atoms with Crippen LogP contribution in [0.5, 0.6) is 0 Å². The Morgan fingerprint density at radius 3 is 2.53 bits per heavy atom. The Labute approximate surface area is 95.6 Å². The topological polar surface area (TPSA) is 47.3 Å². The van der Waals surface area contributed by atoms with Crippen molar-refractivity contribution in [1.29, 1.82) is 0 Å². The number of nitrogens with one attached hydrogen (secondary N) is 1. The minimum absolute atomic E-state index is 0.0860. The molecule has 1 aromatic heterocycles. The first-order chi connectivity index (χ1) is 6.92. The first-order valence-electron chi connectivity index (χ1n) is 5.09. The number of thiophene rings is 1. The number of hydrogen-bond acceptors (Lipinski definition) is 4. The zero-order chi connectivity index (χ0) is 11.5. The predicted molar refractivity (Wildman–Crippen MR) is 64.8 cm³/mol. The lowest BCUT2D eigenvalue weighted by molar-refractivity contribution is -0.0143. The molecular formula is C11H20N2OS. The highest BCUT2D eigenvalue weighted by molar-refractivity contribution is 7.12. The summed E-state index contributed by atoms with van der Waals surface area (Å²) in [5.41, 5.74) is 2.67. The van der Waals surface area contributed by atoms with Gasteiger partial charge < -0.3 is 4.74 Å². The molecule has 0 fully saturated rings. The van der Waals surface area contributed by atoms with Gasteiger partial charge in [0, 0.05) is 9.75 Å². The molecule has 0 radical (unpaired) electrons. The highest BCUT2D eigenvalue weighted by atomic mass is 32.1. The van der Waals surface area contributed by atoms with Crippen molar-refractivity contribution in [1.82, 2.24) is 5.43 Å². The molecule has 3 N–H and O–H groups in total. The van der Waals surface area contributed by atoms with Gasteiger partial charge in [-0.1, -0.05) is 0 Å². The second-order valence-corrected chi connectivity index (χ2v) is 5.91. The Kier molecular flexibility index (Phi) is 4.28. The van der Waals surface area contributed by atoms with Crippen LogP contribution >= 0.6 is 11.3 Å². The minimum Gasteiger partial charge on any atom is -0.374 e. The third-order valence-electron chi connectivity index (χ3n) is 1.99. The summed E-state index contributed by atoms with van der Waals surface area (Å²) in [5.74, 6) is 5.52. The van der Waals surface area contributed by atoms with E-state index in [2.05, 4.69) is 24.5 Å². The Morgan fingerprint density at radius 1 is 1.47 bits per heavy atom. The van der Waals surface area contributed by atoms with Crippen LogP contribution in [0.4, 0.5) is 0 Å². The molecule has 4 heteroatoms. The maximum atomic E-state index is 5.71. The molecule has 86 valence electrons. The van der Waals surface area contributed by atoms with Gasteiger partial charge >= 0.3 is 0 Å².